The summed E-state index contributed by atoms with van der Waals surface area (Å²) >= 11 is 0. The lowest BCUT2D eigenvalue weighted by molar-refractivity contribution is -0.101. The van der Waals surface area contributed by atoms with E-state index in [4.69, 9.17) is 4.74 Å². The predicted octanol–water partition coefficient (Wildman–Crippen LogP) is 1.17. The van der Waals surface area contributed by atoms with Crippen LogP contribution in [-0.4, -0.2) is 48.0 Å². The van der Waals surface area contributed by atoms with E-state index in [-0.39, 0.29) is 18.3 Å². The standard InChI is InChI=1S/C15H25N3O2/c1-4-16-7-12-5-6-14(17-8-12)18-9-13(10-19)20-15(2,3)11-18/h5-6,8,13,16,19H,4,7,9-11H2,1-3H3. The van der Waals surface area contributed by atoms with Gasteiger partial charge in [0.1, 0.15) is 5.82 Å². The molecule has 1 aromatic heterocycles. The topological polar surface area (TPSA) is 57.6 Å². The van der Waals surface area contributed by atoms with Crippen molar-refractivity contribution in [1.82, 2.24) is 10.3 Å². The van der Waals surface area contributed by atoms with Crippen LogP contribution in [0.5, 0.6) is 0 Å². The molecule has 1 aliphatic heterocycles. The van der Waals surface area contributed by atoms with Crippen LogP contribution in [0.3, 0.4) is 0 Å². The zero-order valence-corrected chi connectivity index (χ0v) is 12.6. The number of rotatable bonds is 5. The summed E-state index contributed by atoms with van der Waals surface area (Å²) in [5.41, 5.74) is 0.914. The van der Waals surface area contributed by atoms with Crippen LogP contribution < -0.4 is 10.2 Å². The van der Waals surface area contributed by atoms with Crippen molar-refractivity contribution in [2.75, 3.05) is 31.1 Å². The first-order valence-corrected chi connectivity index (χ1v) is 7.23. The fourth-order valence-corrected chi connectivity index (χ4v) is 2.54. The molecule has 1 unspecified atom stereocenters. The van der Waals surface area contributed by atoms with Crippen LogP contribution in [0.1, 0.15) is 26.3 Å². The fourth-order valence-electron chi connectivity index (χ4n) is 2.54. The predicted molar refractivity (Wildman–Crippen MR) is 79.9 cm³/mol. The number of aromatic nitrogens is 1. The lowest BCUT2D eigenvalue weighted by Gasteiger charge is -2.42. The fraction of sp³-hybridized carbons (Fsp3) is 0.667. The Morgan fingerprint density at radius 2 is 2.30 bits per heavy atom. The minimum Gasteiger partial charge on any atom is -0.394 e. The second kappa shape index (κ2) is 6.52. The van der Waals surface area contributed by atoms with Crippen molar-refractivity contribution in [1.29, 1.82) is 0 Å². The minimum absolute atomic E-state index is 0.0401. The van der Waals surface area contributed by atoms with Gasteiger partial charge in [-0.25, -0.2) is 4.98 Å². The summed E-state index contributed by atoms with van der Waals surface area (Å²) in [6, 6.07) is 4.14. The maximum absolute atomic E-state index is 9.35. The van der Waals surface area contributed by atoms with Crippen molar-refractivity contribution in [2.24, 2.45) is 0 Å². The maximum atomic E-state index is 9.35. The van der Waals surface area contributed by atoms with Gasteiger partial charge in [0.15, 0.2) is 0 Å². The summed E-state index contributed by atoms with van der Waals surface area (Å²) in [5.74, 6) is 0.945. The molecule has 20 heavy (non-hydrogen) atoms. The van der Waals surface area contributed by atoms with Gasteiger partial charge < -0.3 is 20.1 Å². The molecule has 112 valence electrons. The largest absolute Gasteiger partial charge is 0.394 e. The van der Waals surface area contributed by atoms with Gasteiger partial charge in [-0.2, -0.15) is 0 Å². The molecule has 1 fully saturated rings. The third-order valence-electron chi connectivity index (χ3n) is 3.40. The van der Waals surface area contributed by atoms with Gasteiger partial charge in [-0.05, 0) is 32.0 Å². The molecule has 2 heterocycles. The highest BCUT2D eigenvalue weighted by atomic mass is 16.5. The van der Waals surface area contributed by atoms with Crippen LogP contribution in [0, 0.1) is 0 Å². The monoisotopic (exact) mass is 279 g/mol. The van der Waals surface area contributed by atoms with Gasteiger partial charge in [-0.3, -0.25) is 0 Å². The normalized spacial score (nSPS) is 22.0. The summed E-state index contributed by atoms with van der Waals surface area (Å²) in [5, 5.41) is 12.6. The molecule has 1 aliphatic rings. The van der Waals surface area contributed by atoms with Gasteiger partial charge in [0.2, 0.25) is 0 Å². The molecule has 0 saturated carbocycles. The number of anilines is 1. The molecule has 1 saturated heterocycles. The van der Waals surface area contributed by atoms with E-state index >= 15 is 0 Å². The first-order chi connectivity index (χ1) is 9.54. The molecule has 5 nitrogen and oxygen atoms in total. The van der Waals surface area contributed by atoms with Gasteiger partial charge >= 0.3 is 0 Å². The van der Waals surface area contributed by atoms with E-state index in [9.17, 15) is 5.11 Å². The Morgan fingerprint density at radius 1 is 1.50 bits per heavy atom. The molecular formula is C15H25N3O2. The Bertz CT molecular complexity index is 420. The Labute approximate surface area is 121 Å². The molecule has 5 heteroatoms. The molecule has 1 aromatic rings. The highest BCUT2D eigenvalue weighted by molar-refractivity contribution is 5.40. The van der Waals surface area contributed by atoms with Gasteiger partial charge in [0, 0.05) is 25.8 Å². The van der Waals surface area contributed by atoms with Crippen molar-refractivity contribution < 1.29 is 9.84 Å². The smallest absolute Gasteiger partial charge is 0.128 e. The van der Waals surface area contributed by atoms with Gasteiger partial charge in [0.05, 0.1) is 18.3 Å². The van der Waals surface area contributed by atoms with Gasteiger partial charge in [-0.1, -0.05) is 13.0 Å². The van der Waals surface area contributed by atoms with Crippen LogP contribution in [0.4, 0.5) is 5.82 Å². The first kappa shape index (κ1) is 15.2. The van der Waals surface area contributed by atoms with E-state index in [0.29, 0.717) is 6.54 Å². The summed E-state index contributed by atoms with van der Waals surface area (Å²) in [6.07, 6.45) is 1.76. The van der Waals surface area contributed by atoms with Crippen molar-refractivity contribution in [3.05, 3.63) is 23.9 Å². The van der Waals surface area contributed by atoms with Crippen LogP contribution in [0.2, 0.25) is 0 Å². The van der Waals surface area contributed by atoms with Crippen LogP contribution in [-0.2, 0) is 11.3 Å². The zero-order chi connectivity index (χ0) is 14.6. The average molecular weight is 279 g/mol. The number of hydrogen-bond acceptors (Lipinski definition) is 5. The molecule has 0 amide bonds. The van der Waals surface area contributed by atoms with Crippen LogP contribution in [0.15, 0.2) is 18.3 Å². The molecule has 2 rings (SSSR count). The minimum atomic E-state index is -0.268. The molecule has 0 aliphatic carbocycles. The Hall–Kier alpha value is -1.17. The molecule has 0 radical (unpaired) electrons. The second-order valence-corrected chi connectivity index (χ2v) is 5.87. The number of aliphatic hydroxyl groups is 1. The summed E-state index contributed by atoms with van der Waals surface area (Å²) in [7, 11) is 0. The Balaban J connectivity index is 2.06. The number of pyridine rings is 1. The van der Waals surface area contributed by atoms with E-state index in [0.717, 1.165) is 25.5 Å². The van der Waals surface area contributed by atoms with E-state index in [1.54, 1.807) is 0 Å². The SMILES string of the molecule is CCNCc1ccc(N2CC(CO)OC(C)(C)C2)nc1. The Kier molecular flexibility index (Phi) is 4.96. The van der Waals surface area contributed by atoms with E-state index < -0.39 is 0 Å². The van der Waals surface area contributed by atoms with Crippen LogP contribution >= 0.6 is 0 Å². The van der Waals surface area contributed by atoms with E-state index in [2.05, 4.69) is 28.2 Å². The summed E-state index contributed by atoms with van der Waals surface area (Å²) in [4.78, 5) is 6.72. The summed E-state index contributed by atoms with van der Waals surface area (Å²) in [6.45, 7) is 9.48. The lowest BCUT2D eigenvalue weighted by Crippen LogP contribution is -2.54. The Morgan fingerprint density at radius 3 is 2.90 bits per heavy atom. The number of aliphatic hydroxyl groups excluding tert-OH is 1. The number of nitrogens with zero attached hydrogens (tertiary/aromatic N) is 2. The molecule has 0 bridgehead atoms. The third kappa shape index (κ3) is 3.91. The van der Waals surface area contributed by atoms with Crippen molar-refractivity contribution in [3.8, 4) is 0 Å². The highest BCUT2D eigenvalue weighted by Gasteiger charge is 2.33. The summed E-state index contributed by atoms with van der Waals surface area (Å²) < 4.78 is 5.82. The number of morpholine rings is 1. The van der Waals surface area contributed by atoms with E-state index in [1.807, 2.05) is 26.1 Å². The maximum Gasteiger partial charge on any atom is 0.128 e. The second-order valence-electron chi connectivity index (χ2n) is 5.87. The molecular weight excluding hydrogens is 254 g/mol. The first-order valence-electron chi connectivity index (χ1n) is 7.23. The molecule has 1 atom stereocenters. The van der Waals surface area contributed by atoms with Gasteiger partial charge in [0.25, 0.3) is 0 Å². The van der Waals surface area contributed by atoms with Crippen molar-refractivity contribution >= 4 is 5.82 Å². The number of hydrogen-bond donors (Lipinski definition) is 2. The molecule has 0 spiro atoms. The quantitative estimate of drug-likeness (QED) is 0.847. The molecule has 0 aromatic carbocycles. The number of nitrogens with one attached hydrogen (secondary N) is 1. The van der Waals surface area contributed by atoms with Crippen LogP contribution in [0.25, 0.3) is 0 Å². The zero-order valence-electron chi connectivity index (χ0n) is 12.6. The van der Waals surface area contributed by atoms with Gasteiger partial charge in [-0.15, -0.1) is 0 Å². The van der Waals surface area contributed by atoms with Crippen molar-refractivity contribution in [3.63, 3.8) is 0 Å². The van der Waals surface area contributed by atoms with E-state index in [1.165, 1.54) is 5.56 Å². The van der Waals surface area contributed by atoms with Crippen molar-refractivity contribution in [2.45, 2.75) is 39.0 Å². The highest BCUT2D eigenvalue weighted by Crippen LogP contribution is 2.24. The lowest BCUT2D eigenvalue weighted by atomic mass is 10.1. The molecule has 2 N–H and O–H groups in total. The third-order valence-corrected chi connectivity index (χ3v) is 3.40. The average Bonchev–Trinajstić information content (AvgIpc) is 2.44. The number of ether oxygens (including phenoxy) is 1.